The predicted molar refractivity (Wildman–Crippen MR) is 110 cm³/mol. The number of phenols is 1. The lowest BCUT2D eigenvalue weighted by Crippen LogP contribution is -2.14. The lowest BCUT2D eigenvalue weighted by molar-refractivity contribution is 0.413. The van der Waals surface area contributed by atoms with E-state index in [-0.39, 0.29) is 16.5 Å². The molecule has 1 aromatic heterocycles. The van der Waals surface area contributed by atoms with Gasteiger partial charge in [-0.15, -0.1) is 0 Å². The molecule has 1 heterocycles. The summed E-state index contributed by atoms with van der Waals surface area (Å²) < 4.78 is 34.0. The molecule has 0 radical (unpaired) electrons. The van der Waals surface area contributed by atoms with Gasteiger partial charge in [0.25, 0.3) is 10.0 Å². The van der Waals surface area contributed by atoms with Gasteiger partial charge in [0.1, 0.15) is 17.0 Å². The molecule has 0 aliphatic rings. The fourth-order valence-electron chi connectivity index (χ4n) is 3.00. The summed E-state index contributed by atoms with van der Waals surface area (Å²) in [6.07, 6.45) is 0. The molecule has 6 nitrogen and oxygen atoms in total. The minimum Gasteiger partial charge on any atom is -0.508 e. The van der Waals surface area contributed by atoms with Crippen molar-refractivity contribution in [1.29, 1.82) is 0 Å². The fourth-order valence-corrected chi connectivity index (χ4v) is 5.08. The fraction of sp³-hybridized carbons (Fsp3) is 0.0500. The maximum Gasteiger partial charge on any atom is 0.269 e. The topological polar surface area (TPSA) is 81.4 Å². The lowest BCUT2D eigenvalue weighted by Gasteiger charge is -2.11. The molecular formula is C20H15BrN2O4S. The van der Waals surface area contributed by atoms with Gasteiger partial charge in [0, 0.05) is 5.56 Å². The number of halogens is 1. The van der Waals surface area contributed by atoms with Gasteiger partial charge in [-0.2, -0.15) is 0 Å². The summed E-state index contributed by atoms with van der Waals surface area (Å²) in [5, 5.41) is 9.88. The highest BCUT2D eigenvalue weighted by Crippen LogP contribution is 2.37. The summed E-state index contributed by atoms with van der Waals surface area (Å²) >= 11 is 3.45. The minimum absolute atomic E-state index is 0.0184. The highest BCUT2D eigenvalue weighted by atomic mass is 79.9. The Hall–Kier alpha value is -2.84. The zero-order valence-corrected chi connectivity index (χ0v) is 17.1. The van der Waals surface area contributed by atoms with E-state index in [4.69, 9.17) is 4.74 Å². The second-order valence-electron chi connectivity index (χ2n) is 6.02. The number of benzene rings is 3. The highest BCUT2D eigenvalue weighted by Gasteiger charge is 2.26. The van der Waals surface area contributed by atoms with Crippen LogP contribution >= 0.6 is 15.9 Å². The number of imidazole rings is 1. The van der Waals surface area contributed by atoms with Crippen LogP contribution in [0.4, 0.5) is 0 Å². The molecule has 3 aromatic carbocycles. The van der Waals surface area contributed by atoms with Gasteiger partial charge in [-0.3, -0.25) is 0 Å². The van der Waals surface area contributed by atoms with Crippen molar-refractivity contribution in [3.05, 3.63) is 71.2 Å². The molecule has 4 aromatic rings. The number of ether oxygens (including phenoxy) is 1. The molecular weight excluding hydrogens is 444 g/mol. The summed E-state index contributed by atoms with van der Waals surface area (Å²) in [6.45, 7) is 0. The first-order valence-corrected chi connectivity index (χ1v) is 10.5. The van der Waals surface area contributed by atoms with Gasteiger partial charge >= 0.3 is 0 Å². The Balaban J connectivity index is 2.11. The molecule has 0 saturated carbocycles. The van der Waals surface area contributed by atoms with Crippen molar-refractivity contribution in [1.82, 2.24) is 8.96 Å². The number of nitrogens with zero attached hydrogens (tertiary/aromatic N) is 2. The second kappa shape index (κ2) is 6.96. The number of hydrogen-bond donors (Lipinski definition) is 1. The molecule has 0 spiro atoms. The first kappa shape index (κ1) is 18.5. The lowest BCUT2D eigenvalue weighted by atomic mass is 10.2. The summed E-state index contributed by atoms with van der Waals surface area (Å²) in [5.41, 5.74) is 1.31. The van der Waals surface area contributed by atoms with Crippen LogP contribution in [0.5, 0.6) is 11.5 Å². The van der Waals surface area contributed by atoms with E-state index in [0.29, 0.717) is 26.8 Å². The zero-order chi connectivity index (χ0) is 19.9. The Morgan fingerprint density at radius 1 is 1.04 bits per heavy atom. The average Bonchev–Trinajstić information content (AvgIpc) is 3.10. The summed E-state index contributed by atoms with van der Waals surface area (Å²) in [4.78, 5) is 4.71. The number of aromatic hydroxyl groups is 1. The maximum atomic E-state index is 13.5. The summed E-state index contributed by atoms with van der Waals surface area (Å²) in [5.74, 6) is 0.755. The number of methoxy groups -OCH3 is 1. The van der Waals surface area contributed by atoms with Crippen LogP contribution in [-0.4, -0.2) is 29.6 Å². The Morgan fingerprint density at radius 3 is 2.46 bits per heavy atom. The maximum absolute atomic E-state index is 13.5. The highest BCUT2D eigenvalue weighted by molar-refractivity contribution is 9.10. The normalized spacial score (nSPS) is 11.6. The molecule has 0 bridgehead atoms. The second-order valence-corrected chi connectivity index (χ2v) is 8.60. The Labute approximate surface area is 170 Å². The summed E-state index contributed by atoms with van der Waals surface area (Å²) in [6, 6.07) is 17.8. The van der Waals surface area contributed by atoms with Gasteiger partial charge in [0.15, 0.2) is 5.82 Å². The SMILES string of the molecule is COc1ccc2c(nc(-c3cccc(O)c3)n2S(=O)(=O)c2ccccc2)c1Br. The van der Waals surface area contributed by atoms with Crippen LogP contribution in [-0.2, 0) is 10.0 Å². The van der Waals surface area contributed by atoms with Gasteiger partial charge in [0.2, 0.25) is 0 Å². The number of rotatable bonds is 4. The van der Waals surface area contributed by atoms with Crippen LogP contribution in [0.2, 0.25) is 0 Å². The standard InChI is InChI=1S/C20H15BrN2O4S/c1-27-17-11-10-16-19(18(17)21)22-20(13-6-5-7-14(24)12-13)23(16)28(25,26)15-8-3-2-4-9-15/h2-12,24H,1H3. The zero-order valence-electron chi connectivity index (χ0n) is 14.7. The third-order valence-electron chi connectivity index (χ3n) is 4.29. The smallest absolute Gasteiger partial charge is 0.269 e. The molecule has 0 unspecified atom stereocenters. The van der Waals surface area contributed by atoms with Crippen LogP contribution in [0.3, 0.4) is 0 Å². The molecule has 0 aliphatic carbocycles. The predicted octanol–water partition coefficient (Wildman–Crippen LogP) is 4.42. The van der Waals surface area contributed by atoms with Gasteiger partial charge in [-0.05, 0) is 52.3 Å². The number of aromatic nitrogens is 2. The first-order valence-electron chi connectivity index (χ1n) is 8.28. The molecule has 1 N–H and O–H groups in total. The van der Waals surface area contributed by atoms with Crippen LogP contribution in [0.1, 0.15) is 0 Å². The van der Waals surface area contributed by atoms with E-state index < -0.39 is 10.0 Å². The van der Waals surface area contributed by atoms with Crippen molar-refractivity contribution < 1.29 is 18.3 Å². The number of phenolic OH excluding ortho intramolecular Hbond substituents is 1. The molecule has 0 saturated heterocycles. The van der Waals surface area contributed by atoms with Gasteiger partial charge in [0.05, 0.1) is 22.0 Å². The average molecular weight is 459 g/mol. The Kier molecular flexibility index (Phi) is 4.60. The van der Waals surface area contributed by atoms with E-state index in [9.17, 15) is 13.5 Å². The van der Waals surface area contributed by atoms with Crippen molar-refractivity contribution in [3.8, 4) is 22.9 Å². The molecule has 8 heteroatoms. The third-order valence-corrected chi connectivity index (χ3v) is 6.78. The van der Waals surface area contributed by atoms with Crippen molar-refractivity contribution in [2.75, 3.05) is 7.11 Å². The molecule has 4 rings (SSSR count). The largest absolute Gasteiger partial charge is 0.508 e. The first-order chi connectivity index (χ1) is 13.4. The van der Waals surface area contributed by atoms with Crippen molar-refractivity contribution in [3.63, 3.8) is 0 Å². The molecule has 0 atom stereocenters. The van der Waals surface area contributed by atoms with Crippen LogP contribution < -0.4 is 4.74 Å². The van der Waals surface area contributed by atoms with Crippen LogP contribution in [0.15, 0.2) is 76.1 Å². The molecule has 0 aliphatic heterocycles. The molecule has 0 fully saturated rings. The molecule has 28 heavy (non-hydrogen) atoms. The Bertz CT molecular complexity index is 1280. The van der Waals surface area contributed by atoms with E-state index in [0.717, 1.165) is 0 Å². The molecule has 0 amide bonds. The molecule has 142 valence electrons. The van der Waals surface area contributed by atoms with Gasteiger partial charge < -0.3 is 9.84 Å². The van der Waals surface area contributed by atoms with Crippen molar-refractivity contribution in [2.24, 2.45) is 0 Å². The van der Waals surface area contributed by atoms with Crippen molar-refractivity contribution in [2.45, 2.75) is 4.90 Å². The number of hydrogen-bond acceptors (Lipinski definition) is 5. The summed E-state index contributed by atoms with van der Waals surface area (Å²) in [7, 11) is -2.41. The quantitative estimate of drug-likeness (QED) is 0.489. The van der Waals surface area contributed by atoms with E-state index >= 15 is 0 Å². The van der Waals surface area contributed by atoms with Crippen LogP contribution in [0.25, 0.3) is 22.4 Å². The van der Waals surface area contributed by atoms with Crippen LogP contribution in [0, 0.1) is 0 Å². The monoisotopic (exact) mass is 458 g/mol. The Morgan fingerprint density at radius 2 is 1.79 bits per heavy atom. The van der Waals surface area contributed by atoms with E-state index in [2.05, 4.69) is 20.9 Å². The van der Waals surface area contributed by atoms with E-state index in [1.54, 1.807) is 42.5 Å². The van der Waals surface area contributed by atoms with Gasteiger partial charge in [-0.1, -0.05) is 30.3 Å². The van der Waals surface area contributed by atoms with Crippen molar-refractivity contribution >= 4 is 37.0 Å². The van der Waals surface area contributed by atoms with E-state index in [1.165, 1.54) is 35.3 Å². The van der Waals surface area contributed by atoms with Gasteiger partial charge in [-0.25, -0.2) is 17.4 Å². The third kappa shape index (κ3) is 2.94. The number of fused-ring (bicyclic) bond motifs is 1. The van der Waals surface area contributed by atoms with E-state index in [1.807, 2.05) is 0 Å². The minimum atomic E-state index is -3.94.